The van der Waals surface area contributed by atoms with Gasteiger partial charge in [-0.25, -0.2) is 12.8 Å². The van der Waals surface area contributed by atoms with E-state index < -0.39 is 20.7 Å². The molecule has 0 saturated heterocycles. The van der Waals surface area contributed by atoms with E-state index in [4.69, 9.17) is 10.5 Å². The largest absolute Gasteiger partial charge is 0.496 e. The van der Waals surface area contributed by atoms with E-state index in [-0.39, 0.29) is 5.69 Å². The standard InChI is InChI=1S/C14H15FN2O3S/c1-9-7-11(4-6-13(9)20-2)17-21(18,19)14-8-10(16)3-5-12(14)15/h3-8,17H,16H2,1-2H3. The van der Waals surface area contributed by atoms with Gasteiger partial charge in [0.05, 0.1) is 7.11 Å². The zero-order chi connectivity index (χ0) is 15.6. The van der Waals surface area contributed by atoms with Crippen LogP contribution in [-0.2, 0) is 10.0 Å². The van der Waals surface area contributed by atoms with Crippen LogP contribution in [-0.4, -0.2) is 15.5 Å². The molecule has 0 amide bonds. The molecule has 0 radical (unpaired) electrons. The highest BCUT2D eigenvalue weighted by atomic mass is 32.2. The molecule has 112 valence electrons. The van der Waals surface area contributed by atoms with E-state index in [0.717, 1.165) is 17.7 Å². The molecule has 2 rings (SSSR count). The number of ether oxygens (including phenoxy) is 1. The normalized spacial score (nSPS) is 11.2. The molecule has 0 atom stereocenters. The lowest BCUT2D eigenvalue weighted by Gasteiger charge is -2.11. The number of methoxy groups -OCH3 is 1. The highest BCUT2D eigenvalue weighted by Crippen LogP contribution is 2.25. The second kappa shape index (κ2) is 5.61. The fraction of sp³-hybridized carbons (Fsp3) is 0.143. The molecule has 0 aliphatic heterocycles. The summed E-state index contributed by atoms with van der Waals surface area (Å²) >= 11 is 0. The molecule has 0 fully saturated rings. The van der Waals surface area contributed by atoms with Crippen molar-refractivity contribution in [2.75, 3.05) is 17.6 Å². The van der Waals surface area contributed by atoms with Gasteiger partial charge in [-0.3, -0.25) is 4.72 Å². The Kier molecular flexibility index (Phi) is 4.04. The Balaban J connectivity index is 2.37. The van der Waals surface area contributed by atoms with Gasteiger partial charge in [0.2, 0.25) is 0 Å². The molecule has 0 heterocycles. The summed E-state index contributed by atoms with van der Waals surface area (Å²) in [5, 5.41) is 0. The van der Waals surface area contributed by atoms with Crippen molar-refractivity contribution in [1.82, 2.24) is 0 Å². The Morgan fingerprint density at radius 3 is 2.52 bits per heavy atom. The van der Waals surface area contributed by atoms with Crippen molar-refractivity contribution in [3.05, 3.63) is 47.8 Å². The third kappa shape index (κ3) is 3.25. The number of rotatable bonds is 4. The summed E-state index contributed by atoms with van der Waals surface area (Å²) in [5.74, 6) is -0.227. The van der Waals surface area contributed by atoms with E-state index in [1.807, 2.05) is 0 Å². The van der Waals surface area contributed by atoms with Gasteiger partial charge in [-0.05, 0) is 48.9 Å². The minimum Gasteiger partial charge on any atom is -0.496 e. The van der Waals surface area contributed by atoms with Crippen molar-refractivity contribution in [2.24, 2.45) is 0 Å². The summed E-state index contributed by atoms with van der Waals surface area (Å²) in [7, 11) is -2.53. The summed E-state index contributed by atoms with van der Waals surface area (Å²) in [6.45, 7) is 1.78. The van der Waals surface area contributed by atoms with Crippen LogP contribution in [0, 0.1) is 12.7 Å². The monoisotopic (exact) mass is 310 g/mol. The molecule has 5 nitrogen and oxygen atoms in total. The van der Waals surface area contributed by atoms with Crippen molar-refractivity contribution < 1.29 is 17.5 Å². The topological polar surface area (TPSA) is 81.4 Å². The third-order valence-corrected chi connectivity index (χ3v) is 4.29. The van der Waals surface area contributed by atoms with Gasteiger partial charge < -0.3 is 10.5 Å². The maximum absolute atomic E-state index is 13.7. The van der Waals surface area contributed by atoms with E-state index in [1.165, 1.54) is 19.2 Å². The minimum absolute atomic E-state index is 0.169. The van der Waals surface area contributed by atoms with E-state index in [2.05, 4.69) is 4.72 Å². The quantitative estimate of drug-likeness (QED) is 0.850. The van der Waals surface area contributed by atoms with Gasteiger partial charge in [0, 0.05) is 11.4 Å². The Hall–Kier alpha value is -2.28. The number of halogens is 1. The number of anilines is 2. The smallest absolute Gasteiger partial charge is 0.264 e. The molecule has 2 aromatic carbocycles. The lowest BCUT2D eigenvalue weighted by atomic mass is 10.2. The SMILES string of the molecule is COc1ccc(NS(=O)(=O)c2cc(N)ccc2F)cc1C. The van der Waals surface area contributed by atoms with Gasteiger partial charge in [-0.15, -0.1) is 0 Å². The van der Waals surface area contributed by atoms with Crippen LogP contribution in [0.1, 0.15) is 5.56 Å². The number of benzene rings is 2. The first-order chi connectivity index (χ1) is 9.83. The summed E-state index contributed by atoms with van der Waals surface area (Å²) in [6.07, 6.45) is 0. The van der Waals surface area contributed by atoms with Gasteiger partial charge in [-0.1, -0.05) is 0 Å². The maximum atomic E-state index is 13.7. The average Bonchev–Trinajstić information content (AvgIpc) is 2.41. The molecular weight excluding hydrogens is 295 g/mol. The first-order valence-corrected chi connectivity index (χ1v) is 7.54. The molecule has 0 aromatic heterocycles. The summed E-state index contributed by atoms with van der Waals surface area (Å²) in [6, 6.07) is 8.15. The van der Waals surface area contributed by atoms with Gasteiger partial charge >= 0.3 is 0 Å². The molecule has 0 bridgehead atoms. The Morgan fingerprint density at radius 2 is 1.90 bits per heavy atom. The molecule has 3 N–H and O–H groups in total. The van der Waals surface area contributed by atoms with Crippen molar-refractivity contribution in [1.29, 1.82) is 0 Å². The molecule has 0 aliphatic rings. The zero-order valence-corrected chi connectivity index (χ0v) is 12.4. The van der Waals surface area contributed by atoms with E-state index in [1.54, 1.807) is 19.1 Å². The highest BCUT2D eigenvalue weighted by molar-refractivity contribution is 7.92. The number of nitrogens with one attached hydrogen (secondary N) is 1. The second-order valence-corrected chi connectivity index (χ2v) is 6.13. The van der Waals surface area contributed by atoms with E-state index in [9.17, 15) is 12.8 Å². The first kappa shape index (κ1) is 15.1. The highest BCUT2D eigenvalue weighted by Gasteiger charge is 2.19. The van der Waals surface area contributed by atoms with Crippen LogP contribution in [0.25, 0.3) is 0 Å². The predicted molar refractivity (Wildman–Crippen MR) is 79.4 cm³/mol. The summed E-state index contributed by atoms with van der Waals surface area (Å²) in [4.78, 5) is -0.490. The molecule has 7 heteroatoms. The zero-order valence-electron chi connectivity index (χ0n) is 11.6. The molecule has 0 unspecified atom stereocenters. The molecule has 0 aliphatic carbocycles. The molecule has 0 saturated carbocycles. The molecule has 2 aromatic rings. The number of hydrogen-bond acceptors (Lipinski definition) is 4. The number of aryl methyl sites for hydroxylation is 1. The number of nitrogens with two attached hydrogens (primary N) is 1. The van der Waals surface area contributed by atoms with Gasteiger partial charge in [-0.2, -0.15) is 0 Å². The Bertz CT molecular complexity index is 776. The average molecular weight is 310 g/mol. The van der Waals surface area contributed by atoms with Gasteiger partial charge in [0.25, 0.3) is 10.0 Å². The van der Waals surface area contributed by atoms with Crippen LogP contribution in [0.15, 0.2) is 41.3 Å². The number of sulfonamides is 1. The van der Waals surface area contributed by atoms with Crippen LogP contribution in [0.2, 0.25) is 0 Å². The third-order valence-electron chi connectivity index (χ3n) is 2.89. The van der Waals surface area contributed by atoms with Crippen LogP contribution < -0.4 is 15.2 Å². The van der Waals surface area contributed by atoms with E-state index >= 15 is 0 Å². The minimum atomic E-state index is -4.05. The van der Waals surface area contributed by atoms with Crippen LogP contribution in [0.5, 0.6) is 5.75 Å². The van der Waals surface area contributed by atoms with Crippen LogP contribution in [0.3, 0.4) is 0 Å². The fourth-order valence-corrected chi connectivity index (χ4v) is 3.04. The molecular formula is C14H15FN2O3S. The van der Waals surface area contributed by atoms with E-state index in [0.29, 0.717) is 11.4 Å². The summed E-state index contributed by atoms with van der Waals surface area (Å²) in [5.41, 5.74) is 6.74. The molecule has 21 heavy (non-hydrogen) atoms. The first-order valence-electron chi connectivity index (χ1n) is 6.06. The van der Waals surface area contributed by atoms with Crippen molar-refractivity contribution in [3.63, 3.8) is 0 Å². The summed E-state index contributed by atoms with van der Waals surface area (Å²) < 4.78 is 45.5. The fourth-order valence-electron chi connectivity index (χ4n) is 1.88. The van der Waals surface area contributed by atoms with Crippen LogP contribution in [0.4, 0.5) is 15.8 Å². The van der Waals surface area contributed by atoms with Crippen LogP contribution >= 0.6 is 0 Å². The lowest BCUT2D eigenvalue weighted by molar-refractivity contribution is 0.412. The number of hydrogen-bond donors (Lipinski definition) is 2. The van der Waals surface area contributed by atoms with Crippen molar-refractivity contribution in [3.8, 4) is 5.75 Å². The van der Waals surface area contributed by atoms with Gasteiger partial charge in [0.1, 0.15) is 16.5 Å². The Morgan fingerprint density at radius 1 is 1.19 bits per heavy atom. The molecule has 0 spiro atoms. The van der Waals surface area contributed by atoms with Crippen molar-refractivity contribution in [2.45, 2.75) is 11.8 Å². The Labute approximate surface area is 122 Å². The van der Waals surface area contributed by atoms with Gasteiger partial charge in [0.15, 0.2) is 0 Å². The number of nitrogen functional groups attached to an aromatic ring is 1. The second-order valence-electron chi connectivity index (χ2n) is 4.48. The predicted octanol–water partition coefficient (Wildman–Crippen LogP) is 2.53. The van der Waals surface area contributed by atoms with Crippen molar-refractivity contribution >= 4 is 21.4 Å². The maximum Gasteiger partial charge on any atom is 0.264 e. The lowest BCUT2D eigenvalue weighted by Crippen LogP contribution is -2.15.